The second-order valence-corrected chi connectivity index (χ2v) is 5.28. The van der Waals surface area contributed by atoms with Crippen LogP contribution in [0.4, 0.5) is 5.82 Å². The smallest absolute Gasteiger partial charge is 0.134 e. The first-order chi connectivity index (χ1) is 8.78. The van der Waals surface area contributed by atoms with Crippen LogP contribution in [0.3, 0.4) is 0 Å². The van der Waals surface area contributed by atoms with Crippen LogP contribution < -0.4 is 5.32 Å². The van der Waals surface area contributed by atoms with Crippen LogP contribution in [0, 0.1) is 0 Å². The molecule has 1 N–H and O–H groups in total. The first-order valence-corrected chi connectivity index (χ1v) is 7.35. The maximum absolute atomic E-state index is 4.85. The van der Waals surface area contributed by atoms with Crippen LogP contribution in [0.1, 0.15) is 75.7 Å². The Kier molecular flexibility index (Phi) is 4.56. The van der Waals surface area contributed by atoms with E-state index in [9.17, 15) is 0 Å². The minimum atomic E-state index is 0.499. The summed E-state index contributed by atoms with van der Waals surface area (Å²) in [4.78, 5) is 9.50. The summed E-state index contributed by atoms with van der Waals surface area (Å²) in [6.45, 7) is 4.44. The highest BCUT2D eigenvalue weighted by atomic mass is 15.0. The number of anilines is 1. The highest BCUT2D eigenvalue weighted by Crippen LogP contribution is 2.34. The van der Waals surface area contributed by atoms with Crippen molar-refractivity contribution < 1.29 is 0 Å². The van der Waals surface area contributed by atoms with E-state index in [1.54, 1.807) is 0 Å². The zero-order chi connectivity index (χ0) is 13.0. The molecule has 0 aromatic carbocycles. The molecule has 2 rings (SSSR count). The van der Waals surface area contributed by atoms with Crippen molar-refractivity contribution in [3.8, 4) is 0 Å². The zero-order valence-electron chi connectivity index (χ0n) is 11.9. The van der Waals surface area contributed by atoms with Gasteiger partial charge in [0.15, 0.2) is 0 Å². The SMILES string of the molecule is CCC(CC)c1nc(NC)cc(C2CCCC2)n1. The normalized spacial score (nSPS) is 16.4. The maximum Gasteiger partial charge on any atom is 0.134 e. The molecule has 0 spiro atoms. The molecule has 0 amide bonds. The lowest BCUT2D eigenvalue weighted by molar-refractivity contribution is 0.588. The lowest BCUT2D eigenvalue weighted by Gasteiger charge is -2.16. The van der Waals surface area contributed by atoms with Crippen molar-refractivity contribution in [1.82, 2.24) is 9.97 Å². The topological polar surface area (TPSA) is 37.8 Å². The molecular formula is C15H25N3. The summed E-state index contributed by atoms with van der Waals surface area (Å²) >= 11 is 0. The van der Waals surface area contributed by atoms with Crippen molar-refractivity contribution in [2.24, 2.45) is 0 Å². The summed E-state index contributed by atoms with van der Waals surface area (Å²) in [6.07, 6.45) is 7.53. The summed E-state index contributed by atoms with van der Waals surface area (Å²) in [5, 5.41) is 3.18. The quantitative estimate of drug-likeness (QED) is 0.852. The van der Waals surface area contributed by atoms with Crippen molar-refractivity contribution in [3.63, 3.8) is 0 Å². The Morgan fingerprint density at radius 1 is 1.22 bits per heavy atom. The predicted molar refractivity (Wildman–Crippen MR) is 76.1 cm³/mol. The van der Waals surface area contributed by atoms with Gasteiger partial charge in [0, 0.05) is 30.6 Å². The molecule has 0 atom stereocenters. The Bertz CT molecular complexity index is 359. The molecule has 0 unspecified atom stereocenters. The fraction of sp³-hybridized carbons (Fsp3) is 0.733. The third kappa shape index (κ3) is 2.82. The van der Waals surface area contributed by atoms with E-state index in [0.29, 0.717) is 11.8 Å². The Hall–Kier alpha value is -1.12. The van der Waals surface area contributed by atoms with Gasteiger partial charge in [0.25, 0.3) is 0 Å². The van der Waals surface area contributed by atoms with Gasteiger partial charge in [-0.15, -0.1) is 0 Å². The van der Waals surface area contributed by atoms with Gasteiger partial charge in [-0.1, -0.05) is 26.7 Å². The minimum absolute atomic E-state index is 0.499. The Morgan fingerprint density at radius 2 is 1.89 bits per heavy atom. The monoisotopic (exact) mass is 247 g/mol. The van der Waals surface area contributed by atoms with Crippen molar-refractivity contribution in [2.45, 2.75) is 64.2 Å². The molecule has 0 bridgehead atoms. The molecule has 3 heteroatoms. The van der Waals surface area contributed by atoms with Gasteiger partial charge >= 0.3 is 0 Å². The molecule has 100 valence electrons. The van der Waals surface area contributed by atoms with Crippen molar-refractivity contribution in [3.05, 3.63) is 17.6 Å². The molecule has 18 heavy (non-hydrogen) atoms. The number of aromatic nitrogens is 2. The van der Waals surface area contributed by atoms with Gasteiger partial charge in [-0.05, 0) is 25.7 Å². The van der Waals surface area contributed by atoms with Crippen LogP contribution >= 0.6 is 0 Å². The third-order valence-electron chi connectivity index (χ3n) is 4.14. The van der Waals surface area contributed by atoms with E-state index < -0.39 is 0 Å². The molecule has 1 fully saturated rings. The number of nitrogens with zero attached hydrogens (tertiary/aromatic N) is 2. The van der Waals surface area contributed by atoms with E-state index in [-0.39, 0.29) is 0 Å². The predicted octanol–water partition coefficient (Wildman–Crippen LogP) is 4.08. The van der Waals surface area contributed by atoms with Crippen molar-refractivity contribution >= 4 is 5.82 Å². The fourth-order valence-corrected chi connectivity index (χ4v) is 2.88. The van der Waals surface area contributed by atoms with Gasteiger partial charge in [0.05, 0.1) is 0 Å². The first kappa shape index (κ1) is 13.3. The molecule has 0 aliphatic heterocycles. The summed E-state index contributed by atoms with van der Waals surface area (Å²) in [6, 6.07) is 2.14. The van der Waals surface area contributed by atoms with Crippen LogP contribution in [0.5, 0.6) is 0 Å². The molecular weight excluding hydrogens is 222 g/mol. The van der Waals surface area contributed by atoms with Gasteiger partial charge in [-0.2, -0.15) is 0 Å². The Balaban J connectivity index is 2.31. The third-order valence-corrected chi connectivity index (χ3v) is 4.14. The standard InChI is InChI=1S/C15H25N3/c1-4-11(5-2)15-17-13(10-14(16-3)18-15)12-8-6-7-9-12/h10-12H,4-9H2,1-3H3,(H,16,17,18). The van der Waals surface area contributed by atoms with Crippen LogP contribution in [0.15, 0.2) is 6.07 Å². The molecule has 1 aliphatic carbocycles. The second kappa shape index (κ2) is 6.17. The van der Waals surface area contributed by atoms with Gasteiger partial charge in [0.1, 0.15) is 11.6 Å². The average molecular weight is 247 g/mol. The second-order valence-electron chi connectivity index (χ2n) is 5.28. The van der Waals surface area contributed by atoms with E-state index in [0.717, 1.165) is 24.5 Å². The number of rotatable bonds is 5. The van der Waals surface area contributed by atoms with E-state index in [1.807, 2.05) is 7.05 Å². The van der Waals surface area contributed by atoms with Crippen LogP contribution in [-0.4, -0.2) is 17.0 Å². The van der Waals surface area contributed by atoms with Crippen molar-refractivity contribution in [2.75, 3.05) is 12.4 Å². The van der Waals surface area contributed by atoms with Gasteiger partial charge in [-0.25, -0.2) is 9.97 Å². The number of hydrogen-bond donors (Lipinski definition) is 1. The lowest BCUT2D eigenvalue weighted by atomic mass is 10.00. The van der Waals surface area contributed by atoms with Gasteiger partial charge < -0.3 is 5.32 Å². The highest BCUT2D eigenvalue weighted by molar-refractivity contribution is 5.37. The molecule has 3 nitrogen and oxygen atoms in total. The Labute approximate surface area is 110 Å². The van der Waals surface area contributed by atoms with Gasteiger partial charge in [0.2, 0.25) is 0 Å². The molecule has 1 heterocycles. The van der Waals surface area contributed by atoms with E-state index in [4.69, 9.17) is 4.98 Å². The number of hydrogen-bond acceptors (Lipinski definition) is 3. The first-order valence-electron chi connectivity index (χ1n) is 7.35. The largest absolute Gasteiger partial charge is 0.373 e. The average Bonchev–Trinajstić information content (AvgIpc) is 2.94. The molecule has 1 aromatic heterocycles. The molecule has 0 saturated heterocycles. The van der Waals surface area contributed by atoms with Crippen LogP contribution in [-0.2, 0) is 0 Å². The minimum Gasteiger partial charge on any atom is -0.373 e. The lowest BCUT2D eigenvalue weighted by Crippen LogP contribution is -2.09. The molecule has 1 aliphatic rings. The fourth-order valence-electron chi connectivity index (χ4n) is 2.88. The van der Waals surface area contributed by atoms with E-state index >= 15 is 0 Å². The molecule has 0 radical (unpaired) electrons. The maximum atomic E-state index is 4.85. The van der Waals surface area contributed by atoms with E-state index in [2.05, 4.69) is 30.2 Å². The summed E-state index contributed by atoms with van der Waals surface area (Å²) in [5.41, 5.74) is 1.26. The summed E-state index contributed by atoms with van der Waals surface area (Å²) in [7, 11) is 1.94. The van der Waals surface area contributed by atoms with Crippen molar-refractivity contribution in [1.29, 1.82) is 0 Å². The molecule has 1 saturated carbocycles. The Morgan fingerprint density at radius 3 is 2.44 bits per heavy atom. The van der Waals surface area contributed by atoms with Crippen LogP contribution in [0.25, 0.3) is 0 Å². The highest BCUT2D eigenvalue weighted by Gasteiger charge is 2.21. The summed E-state index contributed by atoms with van der Waals surface area (Å²) in [5.74, 6) is 3.18. The molecule has 1 aromatic rings. The van der Waals surface area contributed by atoms with E-state index in [1.165, 1.54) is 31.4 Å². The number of nitrogens with one attached hydrogen (secondary N) is 1. The zero-order valence-corrected chi connectivity index (χ0v) is 11.9. The van der Waals surface area contributed by atoms with Gasteiger partial charge in [-0.3, -0.25) is 0 Å². The summed E-state index contributed by atoms with van der Waals surface area (Å²) < 4.78 is 0. The van der Waals surface area contributed by atoms with Crippen LogP contribution in [0.2, 0.25) is 0 Å².